The van der Waals surface area contributed by atoms with Crippen molar-refractivity contribution in [2.24, 2.45) is 0 Å². The molecule has 6 atom stereocenters. The zero-order chi connectivity index (χ0) is 46.9. The second kappa shape index (κ2) is 41.3. The van der Waals surface area contributed by atoms with Gasteiger partial charge < -0.3 is 34.3 Å². The molecule has 0 amide bonds. The number of esters is 2. The number of hydrogen-bond donors (Lipinski definition) is 4. The molecule has 1 aliphatic heterocycles. The summed E-state index contributed by atoms with van der Waals surface area (Å²) in [5.74, 6) is -1.98. The van der Waals surface area contributed by atoms with Crippen LogP contribution in [0.2, 0.25) is 0 Å². The molecule has 0 aromatic heterocycles. The first-order chi connectivity index (χ1) is 31.0. The molecule has 12 nitrogen and oxygen atoms in total. The van der Waals surface area contributed by atoms with Crippen LogP contribution in [0.15, 0.2) is 24.3 Å². The molecule has 1 aliphatic rings. The average Bonchev–Trinajstić information content (AvgIpc) is 3.26. The van der Waals surface area contributed by atoms with Crippen molar-refractivity contribution in [3.63, 3.8) is 0 Å². The SMILES string of the molecule is CCCCC/C=C\C/C=C\CCCCCCCCCC(=O)OC(COC(=O)CCCCCCCCCCCCCCCCCCCCC)COC1OC(CS(=O)(=O)O)C(O)C(O)C1O. The fourth-order valence-corrected chi connectivity index (χ4v) is 8.69. The van der Waals surface area contributed by atoms with Crippen LogP contribution in [-0.2, 0) is 38.7 Å². The fourth-order valence-electron chi connectivity index (χ4n) is 8.00. The van der Waals surface area contributed by atoms with Gasteiger partial charge in [0.05, 0.1) is 6.61 Å². The largest absolute Gasteiger partial charge is 0.462 e. The summed E-state index contributed by atoms with van der Waals surface area (Å²) in [7, 11) is -4.60. The molecule has 13 heteroatoms. The number of hydrogen-bond acceptors (Lipinski definition) is 11. The summed E-state index contributed by atoms with van der Waals surface area (Å²) in [4.78, 5) is 25.5. The smallest absolute Gasteiger partial charge is 0.306 e. The summed E-state index contributed by atoms with van der Waals surface area (Å²) in [6.07, 6.45) is 37.8. The van der Waals surface area contributed by atoms with E-state index in [0.29, 0.717) is 12.8 Å². The van der Waals surface area contributed by atoms with E-state index < -0.39 is 71.2 Å². The maximum atomic E-state index is 12.9. The lowest BCUT2D eigenvalue weighted by molar-refractivity contribution is -0.297. The normalized spacial score (nSPS) is 19.8. The first kappa shape index (κ1) is 60.1. The van der Waals surface area contributed by atoms with E-state index >= 15 is 0 Å². The summed E-state index contributed by atoms with van der Waals surface area (Å²) < 4.78 is 54.2. The van der Waals surface area contributed by atoms with Crippen molar-refractivity contribution in [3.05, 3.63) is 24.3 Å². The second-order valence-corrected chi connectivity index (χ2v) is 19.7. The Labute approximate surface area is 389 Å². The molecule has 1 heterocycles. The van der Waals surface area contributed by atoms with Crippen molar-refractivity contribution in [1.82, 2.24) is 0 Å². The summed E-state index contributed by atoms with van der Waals surface area (Å²) >= 11 is 0. The molecule has 0 aliphatic carbocycles. The number of ether oxygens (including phenoxy) is 4. The molecule has 1 rings (SSSR count). The van der Waals surface area contributed by atoms with Crippen molar-refractivity contribution in [2.75, 3.05) is 19.0 Å². The third-order valence-electron chi connectivity index (χ3n) is 12.0. The summed E-state index contributed by atoms with van der Waals surface area (Å²) in [5, 5.41) is 31.0. The number of aliphatic hydroxyl groups excluding tert-OH is 3. The quantitative estimate of drug-likeness (QED) is 0.0196. The topological polar surface area (TPSA) is 186 Å². The molecule has 376 valence electrons. The van der Waals surface area contributed by atoms with Crippen LogP contribution in [0.3, 0.4) is 0 Å². The zero-order valence-corrected chi connectivity index (χ0v) is 41.2. The molecule has 0 saturated carbocycles. The predicted molar refractivity (Wildman–Crippen MR) is 256 cm³/mol. The van der Waals surface area contributed by atoms with Gasteiger partial charge in [-0.2, -0.15) is 8.42 Å². The van der Waals surface area contributed by atoms with Crippen LogP contribution in [0.25, 0.3) is 0 Å². The third kappa shape index (κ3) is 35.3. The van der Waals surface area contributed by atoms with Gasteiger partial charge in [-0.15, -0.1) is 0 Å². The van der Waals surface area contributed by atoms with Gasteiger partial charge >= 0.3 is 11.9 Å². The Morgan fingerprint density at radius 1 is 0.531 bits per heavy atom. The minimum atomic E-state index is -4.60. The van der Waals surface area contributed by atoms with Crippen molar-refractivity contribution < 1.29 is 56.8 Å². The first-order valence-electron chi connectivity index (χ1n) is 25.9. The lowest BCUT2D eigenvalue weighted by Gasteiger charge is -2.40. The lowest BCUT2D eigenvalue weighted by Crippen LogP contribution is -2.60. The van der Waals surface area contributed by atoms with Crippen molar-refractivity contribution >= 4 is 22.1 Å². The number of carbonyl (C=O) groups excluding carboxylic acids is 2. The minimum absolute atomic E-state index is 0.158. The standard InChI is InChI=1S/C51H94O12S/c1-3-5-7-9-11-13-15-17-19-21-22-24-25-27-29-31-33-35-37-39-46(52)60-41-44(42-61-51-50(56)49(55)48(54)45(63-51)43-64(57,58)59)62-47(53)40-38-36-34-32-30-28-26-23-20-18-16-14-12-10-8-6-4-2/h12,14,18,20,44-45,48-51,54-56H,3-11,13,15-17,19,21-43H2,1-2H3,(H,57,58,59)/b14-12-,20-18-. The molecular weight excluding hydrogens is 837 g/mol. The third-order valence-corrected chi connectivity index (χ3v) is 12.8. The highest BCUT2D eigenvalue weighted by Gasteiger charge is 2.46. The lowest BCUT2D eigenvalue weighted by atomic mass is 10.00. The summed E-state index contributed by atoms with van der Waals surface area (Å²) in [6.45, 7) is 3.77. The number of aliphatic hydroxyl groups is 3. The van der Waals surface area contributed by atoms with Crippen LogP contribution in [0.4, 0.5) is 0 Å². The van der Waals surface area contributed by atoms with Crippen molar-refractivity contribution in [1.29, 1.82) is 0 Å². The number of rotatable bonds is 44. The van der Waals surface area contributed by atoms with E-state index in [1.54, 1.807) is 0 Å². The van der Waals surface area contributed by atoms with Gasteiger partial charge in [-0.25, -0.2) is 0 Å². The first-order valence-corrected chi connectivity index (χ1v) is 27.5. The van der Waals surface area contributed by atoms with Gasteiger partial charge in [0.2, 0.25) is 0 Å². The Balaban J connectivity index is 2.37. The van der Waals surface area contributed by atoms with E-state index in [0.717, 1.165) is 57.8 Å². The van der Waals surface area contributed by atoms with Gasteiger partial charge in [-0.1, -0.05) is 199 Å². The minimum Gasteiger partial charge on any atom is -0.462 e. The number of allylic oxidation sites excluding steroid dienone is 4. The average molecular weight is 931 g/mol. The van der Waals surface area contributed by atoms with Crippen molar-refractivity contribution in [3.8, 4) is 0 Å². The Bertz CT molecular complexity index is 1270. The molecular formula is C51H94O12S. The van der Waals surface area contributed by atoms with E-state index in [-0.39, 0.29) is 19.4 Å². The van der Waals surface area contributed by atoms with E-state index in [4.69, 9.17) is 18.9 Å². The van der Waals surface area contributed by atoms with E-state index in [2.05, 4.69) is 38.2 Å². The monoisotopic (exact) mass is 931 g/mol. The number of unbranched alkanes of at least 4 members (excludes halogenated alkanes) is 28. The van der Waals surface area contributed by atoms with E-state index in [1.807, 2.05) is 0 Å². The Morgan fingerprint density at radius 3 is 1.41 bits per heavy atom. The van der Waals surface area contributed by atoms with Crippen LogP contribution in [0, 0.1) is 0 Å². The van der Waals surface area contributed by atoms with Crippen LogP contribution in [-0.4, -0.2) is 96.0 Å². The van der Waals surface area contributed by atoms with E-state index in [9.17, 15) is 37.9 Å². The van der Waals surface area contributed by atoms with Gasteiger partial charge in [0.15, 0.2) is 12.4 Å². The molecule has 1 saturated heterocycles. The molecule has 6 unspecified atom stereocenters. The number of carbonyl (C=O) groups is 2. The Kier molecular flexibility index (Phi) is 38.8. The maximum Gasteiger partial charge on any atom is 0.306 e. The maximum absolute atomic E-state index is 12.9. The molecule has 0 radical (unpaired) electrons. The molecule has 64 heavy (non-hydrogen) atoms. The highest BCUT2D eigenvalue weighted by atomic mass is 32.2. The molecule has 0 aromatic carbocycles. The molecule has 4 N–H and O–H groups in total. The summed E-state index contributed by atoms with van der Waals surface area (Å²) in [6, 6.07) is 0. The molecule has 1 fully saturated rings. The van der Waals surface area contributed by atoms with Gasteiger partial charge in [0.1, 0.15) is 36.8 Å². The Hall–Kier alpha value is -1.87. The highest BCUT2D eigenvalue weighted by Crippen LogP contribution is 2.24. The molecule has 0 spiro atoms. The predicted octanol–water partition coefficient (Wildman–Crippen LogP) is 11.6. The highest BCUT2D eigenvalue weighted by molar-refractivity contribution is 7.85. The van der Waals surface area contributed by atoms with Crippen LogP contribution in [0.5, 0.6) is 0 Å². The summed E-state index contributed by atoms with van der Waals surface area (Å²) in [5.41, 5.74) is 0. The van der Waals surface area contributed by atoms with E-state index in [1.165, 1.54) is 135 Å². The van der Waals surface area contributed by atoms with Crippen molar-refractivity contribution in [2.45, 2.75) is 269 Å². The van der Waals surface area contributed by atoms with Gasteiger partial charge in [-0.05, 0) is 44.9 Å². The van der Waals surface area contributed by atoms with Gasteiger partial charge in [0.25, 0.3) is 10.1 Å². The zero-order valence-electron chi connectivity index (χ0n) is 40.4. The van der Waals surface area contributed by atoms with Crippen LogP contribution >= 0.6 is 0 Å². The Morgan fingerprint density at radius 2 is 0.938 bits per heavy atom. The fraction of sp³-hybridized carbons (Fsp3) is 0.882. The van der Waals surface area contributed by atoms with Gasteiger partial charge in [0, 0.05) is 12.8 Å². The molecule has 0 bridgehead atoms. The molecule has 0 aromatic rings. The van der Waals surface area contributed by atoms with Gasteiger partial charge in [-0.3, -0.25) is 14.1 Å². The van der Waals surface area contributed by atoms with Crippen LogP contribution < -0.4 is 0 Å². The van der Waals surface area contributed by atoms with Crippen LogP contribution in [0.1, 0.15) is 232 Å². The second-order valence-electron chi connectivity index (χ2n) is 18.2.